The van der Waals surface area contributed by atoms with Crippen LogP contribution in [0.1, 0.15) is 85.5 Å². The molecule has 0 bridgehead atoms. The molecule has 0 spiro atoms. The van der Waals surface area contributed by atoms with Crippen LogP contribution in [0.4, 0.5) is 0 Å². The molecule has 298 valence electrons. The summed E-state index contributed by atoms with van der Waals surface area (Å²) < 4.78 is 49.5. The van der Waals surface area contributed by atoms with Crippen LogP contribution < -0.4 is 5.32 Å². The zero-order valence-corrected chi connectivity index (χ0v) is 33.1. The van der Waals surface area contributed by atoms with Crippen LogP contribution in [0.3, 0.4) is 0 Å². The molecular weight excluding hydrogens is 678 g/mol. The lowest BCUT2D eigenvalue weighted by atomic mass is 9.70. The molecule has 53 heavy (non-hydrogen) atoms. The molecule has 3 heterocycles. The fraction of sp³-hybridized carbons (Fsp3) is 0.810. The van der Waals surface area contributed by atoms with Gasteiger partial charge in [-0.2, -0.15) is 0 Å². The maximum atomic E-state index is 14.7. The topological polar surface area (TPSA) is 120 Å². The summed E-state index contributed by atoms with van der Waals surface area (Å²) in [7, 11) is 6.93. The van der Waals surface area contributed by atoms with E-state index in [0.717, 1.165) is 44.1 Å². The van der Waals surface area contributed by atoms with Crippen molar-refractivity contribution in [3.63, 3.8) is 0 Å². The Kier molecular flexibility index (Phi) is 14.1. The summed E-state index contributed by atoms with van der Waals surface area (Å²) in [6, 6.07) is 0.279. The molecular formula is C42H65NO10. The average molecular weight is 744 g/mol. The standard InChI is InChI=1S/C42H65NO10/c1-9-10-12-27-13-11-14-35(53-37-18-17-34(43-5)24(3)49-37)23(2)38(45)33-21-31-29(32(33)22-36(44)51-27)16-15-26-19-28(20-30(26)31)52-42-41(48-8)40(47-7)39(46-6)25(4)50-42/h10,12,15-16,21,23-32,34-35,37,39-43H,9,11,13-14,17-20,22H2,1-8H3/b12-10+/t23-,24-,25+,26-,27+,28-,29-,30-,31-,32+,34-,35+,37+,39+,40-,41-,42+/m1/s1. The highest BCUT2D eigenvalue weighted by Gasteiger charge is 2.52. The van der Waals surface area contributed by atoms with Gasteiger partial charge in [0.2, 0.25) is 0 Å². The molecule has 1 N–H and O–H groups in total. The van der Waals surface area contributed by atoms with Crippen LogP contribution in [0.15, 0.2) is 36.0 Å². The quantitative estimate of drug-likeness (QED) is 0.219. The molecule has 3 aliphatic heterocycles. The molecule has 3 aliphatic carbocycles. The molecule has 11 heteroatoms. The van der Waals surface area contributed by atoms with Gasteiger partial charge in [0.25, 0.3) is 0 Å². The van der Waals surface area contributed by atoms with Crippen molar-refractivity contribution in [1.29, 1.82) is 0 Å². The second-order valence-corrected chi connectivity index (χ2v) is 16.2. The number of likely N-dealkylation sites (N-methyl/N-ethyl adjacent to an activating group) is 1. The van der Waals surface area contributed by atoms with Gasteiger partial charge in [0.05, 0.1) is 30.8 Å². The van der Waals surface area contributed by atoms with Gasteiger partial charge in [0, 0.05) is 39.2 Å². The second kappa shape index (κ2) is 18.3. The Morgan fingerprint density at radius 2 is 1.64 bits per heavy atom. The largest absolute Gasteiger partial charge is 0.458 e. The van der Waals surface area contributed by atoms with Gasteiger partial charge in [-0.25, -0.2) is 0 Å². The maximum absolute atomic E-state index is 14.7. The molecule has 3 saturated heterocycles. The van der Waals surface area contributed by atoms with E-state index in [1.807, 2.05) is 27.0 Å². The van der Waals surface area contributed by atoms with Gasteiger partial charge in [0.1, 0.15) is 24.4 Å². The summed E-state index contributed by atoms with van der Waals surface area (Å²) in [5.41, 5.74) is 0.750. The molecule has 17 atom stereocenters. The summed E-state index contributed by atoms with van der Waals surface area (Å²) in [5.74, 6) is -0.124. The highest BCUT2D eigenvalue weighted by Crippen LogP contribution is 2.54. The Balaban J connectivity index is 1.22. The van der Waals surface area contributed by atoms with Crippen LogP contribution in [0, 0.1) is 35.5 Å². The normalized spacial score (nSPS) is 45.1. The molecule has 0 unspecified atom stereocenters. The number of hydrogen-bond donors (Lipinski definition) is 1. The Hall–Kier alpha value is -1.96. The lowest BCUT2D eigenvalue weighted by Crippen LogP contribution is -2.59. The Bertz CT molecular complexity index is 1330. The van der Waals surface area contributed by atoms with E-state index in [0.29, 0.717) is 12.8 Å². The smallest absolute Gasteiger partial charge is 0.307 e. The number of fused-ring (bicyclic) bond motifs is 5. The maximum Gasteiger partial charge on any atom is 0.307 e. The van der Waals surface area contributed by atoms with Gasteiger partial charge in [-0.15, -0.1) is 0 Å². The van der Waals surface area contributed by atoms with Crippen LogP contribution in [0.5, 0.6) is 0 Å². The highest BCUT2D eigenvalue weighted by atomic mass is 16.7. The number of esters is 1. The van der Waals surface area contributed by atoms with Crippen molar-refractivity contribution in [3.8, 4) is 0 Å². The van der Waals surface area contributed by atoms with Crippen molar-refractivity contribution < 1.29 is 47.5 Å². The van der Waals surface area contributed by atoms with Gasteiger partial charge in [-0.1, -0.05) is 38.2 Å². The molecule has 4 fully saturated rings. The van der Waals surface area contributed by atoms with Gasteiger partial charge in [0.15, 0.2) is 18.4 Å². The number of carbonyl (C=O) groups excluding carboxylic acids is 2. The Labute approximate surface area is 316 Å². The zero-order chi connectivity index (χ0) is 37.8. The molecule has 6 rings (SSSR count). The number of ether oxygens (including phenoxy) is 8. The monoisotopic (exact) mass is 743 g/mol. The van der Waals surface area contributed by atoms with Crippen LogP contribution in [-0.2, 0) is 47.5 Å². The van der Waals surface area contributed by atoms with Crippen molar-refractivity contribution in [1.82, 2.24) is 5.32 Å². The molecule has 11 nitrogen and oxygen atoms in total. The predicted octanol–water partition coefficient (Wildman–Crippen LogP) is 5.70. The van der Waals surface area contributed by atoms with Crippen molar-refractivity contribution in [2.75, 3.05) is 28.4 Å². The fourth-order valence-corrected chi connectivity index (χ4v) is 10.2. The van der Waals surface area contributed by atoms with Gasteiger partial charge in [-0.3, -0.25) is 9.59 Å². The molecule has 1 saturated carbocycles. The number of methoxy groups -OCH3 is 3. The lowest BCUT2D eigenvalue weighted by molar-refractivity contribution is -0.314. The van der Waals surface area contributed by atoms with Crippen LogP contribution in [0.25, 0.3) is 0 Å². The van der Waals surface area contributed by atoms with E-state index < -0.39 is 12.4 Å². The molecule has 0 aromatic rings. The number of hydrogen-bond acceptors (Lipinski definition) is 11. The van der Waals surface area contributed by atoms with Crippen LogP contribution in [0.2, 0.25) is 0 Å². The first-order chi connectivity index (χ1) is 25.6. The minimum absolute atomic E-state index is 0.0140. The van der Waals surface area contributed by atoms with Crippen LogP contribution >= 0.6 is 0 Å². The van der Waals surface area contributed by atoms with Gasteiger partial charge < -0.3 is 43.2 Å². The molecule has 6 aliphatic rings. The second-order valence-electron chi connectivity index (χ2n) is 16.2. The number of Topliss-reactive ketones (excluding diaryl/α,β-unsaturated/α-hetero) is 1. The predicted molar refractivity (Wildman–Crippen MR) is 199 cm³/mol. The van der Waals surface area contributed by atoms with E-state index in [1.54, 1.807) is 21.3 Å². The number of ketones is 1. The third-order valence-corrected chi connectivity index (χ3v) is 13.1. The van der Waals surface area contributed by atoms with E-state index in [-0.39, 0.29) is 109 Å². The lowest BCUT2D eigenvalue weighted by Gasteiger charge is -2.44. The first-order valence-corrected chi connectivity index (χ1v) is 20.3. The molecule has 0 aromatic carbocycles. The first-order valence-electron chi connectivity index (χ1n) is 20.3. The Morgan fingerprint density at radius 3 is 2.34 bits per heavy atom. The number of rotatable bonds is 10. The summed E-state index contributed by atoms with van der Waals surface area (Å²) >= 11 is 0. The van der Waals surface area contributed by atoms with Crippen molar-refractivity contribution in [3.05, 3.63) is 36.0 Å². The van der Waals surface area contributed by atoms with E-state index in [4.69, 9.17) is 37.9 Å². The first kappa shape index (κ1) is 40.7. The summed E-state index contributed by atoms with van der Waals surface area (Å²) in [5, 5.41) is 3.34. The van der Waals surface area contributed by atoms with E-state index in [9.17, 15) is 9.59 Å². The minimum Gasteiger partial charge on any atom is -0.458 e. The summed E-state index contributed by atoms with van der Waals surface area (Å²) in [6.07, 6.45) is 14.5. The number of nitrogens with one attached hydrogen (secondary N) is 1. The number of allylic oxidation sites excluding steroid dienone is 5. The Morgan fingerprint density at radius 1 is 0.868 bits per heavy atom. The van der Waals surface area contributed by atoms with E-state index >= 15 is 0 Å². The minimum atomic E-state index is -0.600. The SMILES string of the molecule is CC/C=C/[C@H]1CCC[C@H](O[C@H]2CC[C@@H](NC)[C@@H](C)O2)[C@@H](C)C(=O)C2=C[C@@H]3[C@@H](C=C[C@@H]4C[C@@H](O[C@@H]5O[C@@H](C)[C@H](OC)[C@@H](OC)[C@H]5OC)C[C@@H]34)[C@@H]2CC(=O)O1. The van der Waals surface area contributed by atoms with Crippen molar-refractivity contribution in [2.45, 2.75) is 153 Å². The van der Waals surface area contributed by atoms with Gasteiger partial charge >= 0.3 is 5.97 Å². The van der Waals surface area contributed by atoms with Crippen LogP contribution in [-0.4, -0.2) is 108 Å². The third kappa shape index (κ3) is 8.88. The number of carbonyl (C=O) groups is 2. The molecule has 0 aromatic heterocycles. The molecule has 0 amide bonds. The summed E-state index contributed by atoms with van der Waals surface area (Å²) in [6.45, 7) is 8.13. The zero-order valence-electron chi connectivity index (χ0n) is 33.1. The number of cyclic esters (lactones) is 1. The third-order valence-electron chi connectivity index (χ3n) is 13.1. The fourth-order valence-electron chi connectivity index (χ4n) is 10.2. The van der Waals surface area contributed by atoms with Crippen molar-refractivity contribution >= 4 is 11.8 Å². The summed E-state index contributed by atoms with van der Waals surface area (Å²) in [4.78, 5) is 28.3. The van der Waals surface area contributed by atoms with E-state index in [2.05, 4.69) is 43.5 Å². The average Bonchev–Trinajstić information content (AvgIpc) is 3.72. The van der Waals surface area contributed by atoms with Gasteiger partial charge in [-0.05, 0) is 108 Å². The highest BCUT2D eigenvalue weighted by molar-refractivity contribution is 5.99. The van der Waals surface area contributed by atoms with Crippen molar-refractivity contribution in [2.24, 2.45) is 35.5 Å². The van der Waals surface area contributed by atoms with E-state index in [1.165, 1.54) is 0 Å². The molecule has 0 radical (unpaired) electrons.